The van der Waals surface area contributed by atoms with E-state index in [0.29, 0.717) is 10.0 Å². The number of para-hydroxylation sites is 1. The highest BCUT2D eigenvalue weighted by Gasteiger charge is 2.46. The number of amides is 1. The molecule has 1 aromatic heterocycles. The second kappa shape index (κ2) is 6.18. The Morgan fingerprint density at radius 1 is 1.12 bits per heavy atom. The molecule has 0 unspecified atom stereocenters. The summed E-state index contributed by atoms with van der Waals surface area (Å²) >= 11 is 7.87. The number of hydrogen-bond donors (Lipinski definition) is 0. The zero-order valence-corrected chi connectivity index (χ0v) is 16.0. The van der Waals surface area contributed by atoms with E-state index < -0.39 is 14.8 Å². The molecule has 0 saturated carbocycles. The van der Waals surface area contributed by atoms with E-state index in [1.807, 2.05) is 6.07 Å². The maximum Gasteiger partial charge on any atom is 0.294 e. The number of carbonyl (C=O) groups excluding carboxylic acids is 1. The molecule has 24 heavy (non-hydrogen) atoms. The largest absolute Gasteiger partial charge is 0.294 e. The van der Waals surface area contributed by atoms with Crippen molar-refractivity contribution in [1.29, 1.82) is 0 Å². The van der Waals surface area contributed by atoms with Gasteiger partial charge in [0.05, 0.1) is 14.8 Å². The third kappa shape index (κ3) is 3.23. The van der Waals surface area contributed by atoms with Crippen molar-refractivity contribution in [2.45, 2.75) is 22.8 Å². The fourth-order valence-corrected chi connectivity index (χ4v) is 5.81. The van der Waals surface area contributed by atoms with Crippen LogP contribution in [0.1, 0.15) is 13.8 Å². The Balaban J connectivity index is 2.09. The lowest BCUT2D eigenvalue weighted by Gasteiger charge is -2.17. The van der Waals surface area contributed by atoms with Crippen molar-refractivity contribution in [1.82, 2.24) is 0 Å². The van der Waals surface area contributed by atoms with Gasteiger partial charge in [-0.3, -0.25) is 9.69 Å². The molecule has 0 atom stereocenters. The van der Waals surface area contributed by atoms with Crippen LogP contribution in [-0.4, -0.2) is 24.2 Å². The second-order valence-corrected chi connectivity index (χ2v) is 10.6. The molecule has 126 valence electrons. The number of thiophene rings is 1. The van der Waals surface area contributed by atoms with E-state index in [9.17, 15) is 13.2 Å². The van der Waals surface area contributed by atoms with E-state index in [0.717, 1.165) is 23.1 Å². The predicted molar refractivity (Wildman–Crippen MR) is 99.5 cm³/mol. The van der Waals surface area contributed by atoms with Gasteiger partial charge in [-0.1, -0.05) is 41.6 Å². The maximum absolute atomic E-state index is 12.7. The van der Waals surface area contributed by atoms with Gasteiger partial charge in [-0.2, -0.15) is 8.42 Å². The third-order valence-electron chi connectivity index (χ3n) is 3.27. The number of anilines is 1. The van der Waals surface area contributed by atoms with Crippen molar-refractivity contribution in [2.24, 2.45) is 4.40 Å². The molecular formula is C15H13ClN2O3S3. The summed E-state index contributed by atoms with van der Waals surface area (Å²) in [5.74, 6) is -0.211. The van der Waals surface area contributed by atoms with Crippen LogP contribution in [0, 0.1) is 0 Å². The molecule has 1 fully saturated rings. The summed E-state index contributed by atoms with van der Waals surface area (Å²) in [6.07, 6.45) is 0. The van der Waals surface area contributed by atoms with Gasteiger partial charge in [-0.25, -0.2) is 0 Å². The number of hydrogen-bond acceptors (Lipinski definition) is 5. The summed E-state index contributed by atoms with van der Waals surface area (Å²) < 4.78 is 28.5. The highest BCUT2D eigenvalue weighted by Crippen LogP contribution is 2.40. The average molecular weight is 401 g/mol. The maximum atomic E-state index is 12.7. The molecule has 5 nitrogen and oxygen atoms in total. The van der Waals surface area contributed by atoms with Crippen molar-refractivity contribution >= 4 is 61.5 Å². The Morgan fingerprint density at radius 2 is 1.79 bits per heavy atom. The summed E-state index contributed by atoms with van der Waals surface area (Å²) in [7, 11) is -3.93. The Labute approximate surface area is 153 Å². The predicted octanol–water partition coefficient (Wildman–Crippen LogP) is 4.00. The van der Waals surface area contributed by atoms with Gasteiger partial charge < -0.3 is 0 Å². The number of benzene rings is 1. The number of amidine groups is 1. The lowest BCUT2D eigenvalue weighted by molar-refractivity contribution is -0.118. The minimum Gasteiger partial charge on any atom is -0.272 e. The van der Waals surface area contributed by atoms with Gasteiger partial charge in [0.2, 0.25) is 5.91 Å². The number of thioether (sulfide) groups is 1. The van der Waals surface area contributed by atoms with Crippen LogP contribution in [0.4, 0.5) is 5.69 Å². The smallest absolute Gasteiger partial charge is 0.272 e. The Hall–Kier alpha value is -1.35. The highest BCUT2D eigenvalue weighted by molar-refractivity contribution is 8.17. The normalized spacial score (nSPS) is 19.2. The molecule has 0 aliphatic carbocycles. The first kappa shape index (κ1) is 17.5. The minimum absolute atomic E-state index is 0.0470. The van der Waals surface area contributed by atoms with E-state index in [-0.39, 0.29) is 15.3 Å². The summed E-state index contributed by atoms with van der Waals surface area (Å²) in [6.45, 7) is 3.49. The van der Waals surface area contributed by atoms with Gasteiger partial charge >= 0.3 is 0 Å². The zero-order valence-electron chi connectivity index (χ0n) is 12.8. The first-order valence-corrected chi connectivity index (χ1v) is 10.3. The minimum atomic E-state index is -3.93. The molecule has 2 heterocycles. The van der Waals surface area contributed by atoms with Crippen LogP contribution >= 0.6 is 34.7 Å². The van der Waals surface area contributed by atoms with Crippen LogP contribution < -0.4 is 4.90 Å². The number of carbonyl (C=O) groups is 1. The summed E-state index contributed by atoms with van der Waals surface area (Å²) in [5, 5.41) is 0.140. The van der Waals surface area contributed by atoms with E-state index in [4.69, 9.17) is 11.6 Å². The molecule has 2 aromatic rings. The van der Waals surface area contributed by atoms with Gasteiger partial charge in [-0.15, -0.1) is 15.7 Å². The van der Waals surface area contributed by atoms with Gasteiger partial charge in [-0.05, 0) is 38.1 Å². The molecular weight excluding hydrogens is 388 g/mol. The summed E-state index contributed by atoms with van der Waals surface area (Å²) in [5.41, 5.74) is 0.582. The van der Waals surface area contributed by atoms with E-state index in [2.05, 4.69) is 4.40 Å². The molecule has 1 aromatic carbocycles. The first-order chi connectivity index (χ1) is 11.2. The van der Waals surface area contributed by atoms with Crippen molar-refractivity contribution in [3.05, 3.63) is 46.8 Å². The molecule has 1 aliphatic rings. The molecule has 1 amide bonds. The molecule has 1 saturated heterocycles. The number of halogens is 1. The summed E-state index contributed by atoms with van der Waals surface area (Å²) in [6, 6.07) is 11.8. The first-order valence-electron chi connectivity index (χ1n) is 6.90. The molecule has 3 rings (SSSR count). The van der Waals surface area contributed by atoms with Gasteiger partial charge in [0.1, 0.15) is 4.21 Å². The standard InChI is InChI=1S/C15H13ClN2O3S3/c1-15(2)13(19)18(10-6-4-3-5-7-10)14(23-15)17-24(20,21)12-9-8-11(16)22-12/h3-9H,1-2H3/b17-14+. The fourth-order valence-electron chi connectivity index (χ4n) is 2.12. The van der Waals surface area contributed by atoms with E-state index in [1.165, 1.54) is 17.0 Å². The molecule has 0 N–H and O–H groups in total. The van der Waals surface area contributed by atoms with Gasteiger partial charge in [0.25, 0.3) is 10.0 Å². The quantitative estimate of drug-likeness (QED) is 0.780. The van der Waals surface area contributed by atoms with Crippen LogP contribution in [-0.2, 0) is 14.8 Å². The number of sulfonamides is 1. The summed E-state index contributed by atoms with van der Waals surface area (Å²) in [4.78, 5) is 14.0. The Morgan fingerprint density at radius 3 is 2.38 bits per heavy atom. The van der Waals surface area contributed by atoms with Crippen molar-refractivity contribution in [3.8, 4) is 0 Å². The van der Waals surface area contributed by atoms with Crippen LogP contribution in [0.2, 0.25) is 4.34 Å². The second-order valence-electron chi connectivity index (χ2n) is 5.50. The van der Waals surface area contributed by atoms with E-state index >= 15 is 0 Å². The van der Waals surface area contributed by atoms with E-state index in [1.54, 1.807) is 38.1 Å². The highest BCUT2D eigenvalue weighted by atomic mass is 35.5. The van der Waals surface area contributed by atoms with Gasteiger partial charge in [0, 0.05) is 0 Å². The molecule has 9 heteroatoms. The van der Waals surface area contributed by atoms with Gasteiger partial charge in [0.15, 0.2) is 5.17 Å². The van der Waals surface area contributed by atoms with Crippen LogP contribution in [0.25, 0.3) is 0 Å². The lowest BCUT2D eigenvalue weighted by Crippen LogP contribution is -2.36. The zero-order chi connectivity index (χ0) is 17.5. The molecule has 0 radical (unpaired) electrons. The Kier molecular flexibility index (Phi) is 4.50. The van der Waals surface area contributed by atoms with Crippen LogP contribution in [0.15, 0.2) is 51.1 Å². The molecule has 0 bridgehead atoms. The Bertz CT molecular complexity index is 920. The van der Waals surface area contributed by atoms with Crippen LogP contribution in [0.5, 0.6) is 0 Å². The van der Waals surface area contributed by atoms with Crippen LogP contribution in [0.3, 0.4) is 0 Å². The average Bonchev–Trinajstić information content (AvgIpc) is 3.03. The van der Waals surface area contributed by atoms with Crippen molar-refractivity contribution in [3.63, 3.8) is 0 Å². The molecule has 1 aliphatic heterocycles. The topological polar surface area (TPSA) is 66.8 Å². The molecule has 0 spiro atoms. The third-order valence-corrected chi connectivity index (χ3v) is 7.49. The number of nitrogens with zero attached hydrogens (tertiary/aromatic N) is 2. The van der Waals surface area contributed by atoms with Crippen molar-refractivity contribution in [2.75, 3.05) is 4.90 Å². The lowest BCUT2D eigenvalue weighted by atomic mass is 10.1. The monoisotopic (exact) mass is 400 g/mol. The SMILES string of the molecule is CC1(C)S/C(=N/S(=O)(=O)c2ccc(Cl)s2)N(c2ccccc2)C1=O. The fraction of sp³-hybridized carbons (Fsp3) is 0.200. The number of rotatable bonds is 3. The van der Waals surface area contributed by atoms with Crippen molar-refractivity contribution < 1.29 is 13.2 Å².